The smallest absolute Gasteiger partial charge is 0.305 e. The molecule has 0 aromatic rings. The second kappa shape index (κ2) is 68.4. The zero-order chi connectivity index (χ0) is 56.4. The van der Waals surface area contributed by atoms with Crippen LogP contribution in [-0.4, -0.2) is 47.4 Å². The summed E-state index contributed by atoms with van der Waals surface area (Å²) in [6.07, 6.45) is 83.1. The Labute approximate surface area is 489 Å². The third kappa shape index (κ3) is 64.0. The fraction of sp³-hybridized carbons (Fsp3) is 0.972. The van der Waals surface area contributed by atoms with E-state index in [1.165, 1.54) is 353 Å². The number of rotatable bonds is 69. The fourth-order valence-corrected chi connectivity index (χ4v) is 11.9. The maximum Gasteiger partial charge on any atom is 0.305 e. The largest absolute Gasteiger partial charge is 0.466 e. The molecule has 0 aromatic heterocycles. The van der Waals surface area contributed by atoms with Gasteiger partial charge in [0.2, 0.25) is 5.91 Å². The Morgan fingerprint density at radius 3 is 0.782 bits per heavy atom. The zero-order valence-electron chi connectivity index (χ0n) is 53.4. The van der Waals surface area contributed by atoms with Gasteiger partial charge in [0.15, 0.2) is 0 Å². The Kier molecular flexibility index (Phi) is 67.4. The van der Waals surface area contributed by atoms with Crippen molar-refractivity contribution in [2.24, 2.45) is 0 Å². The third-order valence-corrected chi connectivity index (χ3v) is 17.4. The van der Waals surface area contributed by atoms with Gasteiger partial charge in [-0.3, -0.25) is 9.59 Å². The molecule has 6 nitrogen and oxygen atoms in total. The van der Waals surface area contributed by atoms with Crippen molar-refractivity contribution in [2.45, 2.75) is 437 Å². The van der Waals surface area contributed by atoms with E-state index in [9.17, 15) is 19.8 Å². The van der Waals surface area contributed by atoms with E-state index in [1.807, 2.05) is 0 Å². The molecule has 0 bridgehead atoms. The van der Waals surface area contributed by atoms with E-state index in [0.29, 0.717) is 25.9 Å². The molecule has 0 rings (SSSR count). The number of carbonyl (C=O) groups excluding carboxylic acids is 2. The highest BCUT2D eigenvalue weighted by molar-refractivity contribution is 5.76. The standard InChI is InChI=1S/C72H143NO5/c1-3-5-7-9-11-13-15-17-36-40-44-48-52-56-60-64-70(75)69(68-74)73-71(76)65-61-57-53-49-45-41-38-34-32-30-28-26-24-22-20-19-21-23-25-27-29-31-33-35-39-43-47-51-55-59-63-67-78-72(77)66-62-58-54-50-46-42-37-18-16-14-12-10-8-6-4-2/h69-70,74-75H,3-68H2,1-2H3,(H,73,76). The molecule has 2 unspecified atom stereocenters. The minimum atomic E-state index is -0.660. The number of unbranched alkanes of at least 4 members (excludes halogenated alkanes) is 58. The Balaban J connectivity index is 3.30. The molecule has 0 radical (unpaired) electrons. The summed E-state index contributed by atoms with van der Waals surface area (Å²) in [5.41, 5.74) is 0. The van der Waals surface area contributed by atoms with Gasteiger partial charge in [0.1, 0.15) is 0 Å². The molecule has 1 amide bonds. The maximum atomic E-state index is 12.5. The second-order valence-electron chi connectivity index (χ2n) is 25.3. The summed E-state index contributed by atoms with van der Waals surface area (Å²) in [5, 5.41) is 23.3. The van der Waals surface area contributed by atoms with E-state index < -0.39 is 12.1 Å². The zero-order valence-corrected chi connectivity index (χ0v) is 53.4. The molecule has 2 atom stereocenters. The molecule has 3 N–H and O–H groups in total. The number of amides is 1. The number of hydrogen-bond donors (Lipinski definition) is 3. The van der Waals surface area contributed by atoms with Gasteiger partial charge in [-0.1, -0.05) is 386 Å². The lowest BCUT2D eigenvalue weighted by Crippen LogP contribution is -2.45. The minimum Gasteiger partial charge on any atom is -0.466 e. The van der Waals surface area contributed by atoms with E-state index >= 15 is 0 Å². The van der Waals surface area contributed by atoms with Crippen LogP contribution in [0.25, 0.3) is 0 Å². The molecular formula is C72H143NO5. The summed E-state index contributed by atoms with van der Waals surface area (Å²) in [7, 11) is 0. The van der Waals surface area contributed by atoms with Crippen molar-refractivity contribution in [2.75, 3.05) is 13.2 Å². The highest BCUT2D eigenvalue weighted by Gasteiger charge is 2.20. The van der Waals surface area contributed by atoms with Gasteiger partial charge in [-0.25, -0.2) is 0 Å². The highest BCUT2D eigenvalue weighted by atomic mass is 16.5. The van der Waals surface area contributed by atoms with Crippen LogP contribution >= 0.6 is 0 Å². The molecule has 0 aliphatic heterocycles. The lowest BCUT2D eigenvalue weighted by molar-refractivity contribution is -0.143. The Morgan fingerprint density at radius 2 is 0.526 bits per heavy atom. The SMILES string of the molecule is CCCCCCCCCCCCCCCCCC(=O)OCCCCCCCCCCCCCCCCCCCCCCCCCCCCCCCCCC(=O)NC(CO)C(O)CCCCCCCCCCCCCCCCC. The van der Waals surface area contributed by atoms with Crippen molar-refractivity contribution in [3.8, 4) is 0 Å². The van der Waals surface area contributed by atoms with Crippen LogP contribution in [-0.2, 0) is 14.3 Å². The molecule has 0 spiro atoms. The first-order valence-corrected chi connectivity index (χ1v) is 36.3. The van der Waals surface area contributed by atoms with Crippen LogP contribution in [0.15, 0.2) is 0 Å². The first-order chi connectivity index (χ1) is 38.5. The quantitative estimate of drug-likeness (QED) is 0.0417. The van der Waals surface area contributed by atoms with E-state index in [-0.39, 0.29) is 18.5 Å². The summed E-state index contributed by atoms with van der Waals surface area (Å²) in [4.78, 5) is 24.6. The topological polar surface area (TPSA) is 95.9 Å². The average Bonchev–Trinajstić information content (AvgIpc) is 3.44. The van der Waals surface area contributed by atoms with Gasteiger partial charge >= 0.3 is 5.97 Å². The summed E-state index contributed by atoms with van der Waals surface area (Å²) < 4.78 is 5.50. The first-order valence-electron chi connectivity index (χ1n) is 36.3. The van der Waals surface area contributed by atoms with Gasteiger partial charge in [0, 0.05) is 12.8 Å². The average molecular weight is 1100 g/mol. The molecular weight excluding hydrogens is 959 g/mol. The third-order valence-electron chi connectivity index (χ3n) is 17.4. The van der Waals surface area contributed by atoms with Crippen molar-refractivity contribution in [1.82, 2.24) is 5.32 Å². The van der Waals surface area contributed by atoms with Gasteiger partial charge in [0.05, 0.1) is 25.4 Å². The number of hydrogen-bond acceptors (Lipinski definition) is 5. The van der Waals surface area contributed by atoms with Crippen LogP contribution in [0.4, 0.5) is 0 Å². The van der Waals surface area contributed by atoms with Crippen molar-refractivity contribution in [1.29, 1.82) is 0 Å². The molecule has 0 heterocycles. The minimum absolute atomic E-state index is 0.0248. The molecule has 0 saturated carbocycles. The number of aliphatic hydroxyl groups excluding tert-OH is 2. The summed E-state index contributed by atoms with van der Waals surface area (Å²) in [5.74, 6) is -0.00202. The summed E-state index contributed by atoms with van der Waals surface area (Å²) >= 11 is 0. The van der Waals surface area contributed by atoms with Gasteiger partial charge in [-0.05, 0) is 25.7 Å². The van der Waals surface area contributed by atoms with Crippen molar-refractivity contribution in [3.63, 3.8) is 0 Å². The highest BCUT2D eigenvalue weighted by Crippen LogP contribution is 2.20. The molecule has 78 heavy (non-hydrogen) atoms. The lowest BCUT2D eigenvalue weighted by atomic mass is 10.0. The van der Waals surface area contributed by atoms with Crippen molar-refractivity contribution in [3.05, 3.63) is 0 Å². The summed E-state index contributed by atoms with van der Waals surface area (Å²) in [6, 6.07) is -0.537. The molecule has 0 aromatic carbocycles. The fourth-order valence-electron chi connectivity index (χ4n) is 11.9. The second-order valence-corrected chi connectivity index (χ2v) is 25.3. The van der Waals surface area contributed by atoms with Crippen LogP contribution < -0.4 is 5.32 Å². The predicted octanol–water partition coefficient (Wildman–Crippen LogP) is 23.4. The number of aliphatic hydroxyl groups is 2. The molecule has 0 aliphatic carbocycles. The molecule has 0 saturated heterocycles. The molecule has 0 aliphatic rings. The van der Waals surface area contributed by atoms with Crippen LogP contribution in [0.5, 0.6) is 0 Å². The monoisotopic (exact) mass is 1100 g/mol. The Bertz CT molecular complexity index is 1130. The Hall–Kier alpha value is -1.14. The number of nitrogens with one attached hydrogen (secondary N) is 1. The van der Waals surface area contributed by atoms with Gasteiger partial charge in [-0.15, -0.1) is 0 Å². The van der Waals surface area contributed by atoms with E-state index in [0.717, 1.165) is 38.5 Å². The summed E-state index contributed by atoms with van der Waals surface area (Å²) in [6.45, 7) is 5.00. The van der Waals surface area contributed by atoms with E-state index in [4.69, 9.17) is 4.74 Å². The Morgan fingerprint density at radius 1 is 0.308 bits per heavy atom. The van der Waals surface area contributed by atoms with Gasteiger partial charge < -0.3 is 20.3 Å². The van der Waals surface area contributed by atoms with Crippen molar-refractivity contribution < 1.29 is 24.5 Å². The van der Waals surface area contributed by atoms with Gasteiger partial charge in [0.25, 0.3) is 0 Å². The van der Waals surface area contributed by atoms with Crippen molar-refractivity contribution >= 4 is 11.9 Å². The van der Waals surface area contributed by atoms with Crippen LogP contribution in [0.1, 0.15) is 425 Å². The van der Waals surface area contributed by atoms with Crippen LogP contribution in [0.3, 0.4) is 0 Å². The van der Waals surface area contributed by atoms with Gasteiger partial charge in [-0.2, -0.15) is 0 Å². The molecule has 466 valence electrons. The normalized spacial score (nSPS) is 12.4. The maximum absolute atomic E-state index is 12.5. The first kappa shape index (κ1) is 76.9. The van der Waals surface area contributed by atoms with E-state index in [2.05, 4.69) is 19.2 Å². The number of ether oxygens (including phenoxy) is 1. The molecule has 6 heteroatoms. The number of carbonyl (C=O) groups is 2. The predicted molar refractivity (Wildman–Crippen MR) is 343 cm³/mol. The lowest BCUT2D eigenvalue weighted by Gasteiger charge is -2.22. The number of esters is 1. The van der Waals surface area contributed by atoms with Crippen LogP contribution in [0.2, 0.25) is 0 Å². The van der Waals surface area contributed by atoms with Crippen LogP contribution in [0, 0.1) is 0 Å². The molecule has 0 fully saturated rings. The van der Waals surface area contributed by atoms with E-state index in [1.54, 1.807) is 0 Å².